The number of sulfonamides is 1. The fourth-order valence-corrected chi connectivity index (χ4v) is 2.89. The summed E-state index contributed by atoms with van der Waals surface area (Å²) in [7, 11) is -2.57. The molecule has 6 nitrogen and oxygen atoms in total. The summed E-state index contributed by atoms with van der Waals surface area (Å²) in [5.41, 5.74) is -0.922. The van der Waals surface area contributed by atoms with Crippen molar-refractivity contribution >= 4 is 16.0 Å². The zero-order valence-corrected chi connectivity index (χ0v) is 13.2. The van der Waals surface area contributed by atoms with E-state index in [1.54, 1.807) is 13.8 Å². The molecule has 7 heteroatoms. The third kappa shape index (κ3) is 4.52. The molecule has 0 amide bonds. The SMILES string of the molecule is CCC(O)(CC)CNS(=O)(=O)c1cccc(C(=O)OC)c1. The summed E-state index contributed by atoms with van der Waals surface area (Å²) in [5, 5.41) is 10.1. The van der Waals surface area contributed by atoms with Crippen LogP contribution in [-0.4, -0.2) is 38.7 Å². The maximum absolute atomic E-state index is 12.2. The molecular formula is C14H21NO5S. The van der Waals surface area contributed by atoms with Gasteiger partial charge >= 0.3 is 5.97 Å². The number of ether oxygens (including phenoxy) is 1. The number of hydrogen-bond acceptors (Lipinski definition) is 5. The van der Waals surface area contributed by atoms with E-state index in [1.807, 2.05) is 0 Å². The summed E-state index contributed by atoms with van der Waals surface area (Å²) in [4.78, 5) is 11.4. The Labute approximate surface area is 125 Å². The van der Waals surface area contributed by atoms with E-state index in [-0.39, 0.29) is 17.0 Å². The van der Waals surface area contributed by atoms with Crippen molar-refractivity contribution in [3.8, 4) is 0 Å². The Hall–Kier alpha value is -1.44. The molecule has 1 aromatic rings. The van der Waals surface area contributed by atoms with Gasteiger partial charge in [0.25, 0.3) is 0 Å². The Kier molecular flexibility index (Phi) is 5.88. The van der Waals surface area contributed by atoms with Crippen LogP contribution in [-0.2, 0) is 14.8 Å². The lowest BCUT2D eigenvalue weighted by molar-refractivity contribution is 0.0377. The molecule has 21 heavy (non-hydrogen) atoms. The highest BCUT2D eigenvalue weighted by Gasteiger charge is 2.25. The van der Waals surface area contributed by atoms with Crippen LogP contribution in [0.2, 0.25) is 0 Å². The topological polar surface area (TPSA) is 92.7 Å². The fraction of sp³-hybridized carbons (Fsp3) is 0.500. The lowest BCUT2D eigenvalue weighted by Gasteiger charge is -2.25. The quantitative estimate of drug-likeness (QED) is 0.740. The highest BCUT2D eigenvalue weighted by molar-refractivity contribution is 7.89. The Balaban J connectivity index is 2.96. The standard InChI is InChI=1S/C14H21NO5S/c1-4-14(17,5-2)10-15-21(18,19)12-8-6-7-11(9-12)13(16)20-3/h6-9,15,17H,4-5,10H2,1-3H3. The molecule has 1 rings (SSSR count). The van der Waals surface area contributed by atoms with Crippen LogP contribution in [0.3, 0.4) is 0 Å². The van der Waals surface area contributed by atoms with E-state index >= 15 is 0 Å². The molecule has 0 aliphatic rings. The summed E-state index contributed by atoms with van der Waals surface area (Å²) in [6.45, 7) is 3.50. The number of rotatable bonds is 7. The van der Waals surface area contributed by atoms with Gasteiger partial charge < -0.3 is 9.84 Å². The highest BCUT2D eigenvalue weighted by atomic mass is 32.2. The van der Waals surface area contributed by atoms with Gasteiger partial charge in [0.1, 0.15) is 0 Å². The van der Waals surface area contributed by atoms with E-state index in [0.29, 0.717) is 12.8 Å². The summed E-state index contributed by atoms with van der Waals surface area (Å²) in [6, 6.07) is 5.56. The number of aliphatic hydroxyl groups is 1. The zero-order chi connectivity index (χ0) is 16.1. The van der Waals surface area contributed by atoms with Gasteiger partial charge in [-0.25, -0.2) is 17.9 Å². The monoisotopic (exact) mass is 315 g/mol. The average Bonchev–Trinajstić information content (AvgIpc) is 2.52. The first-order chi connectivity index (χ1) is 9.78. The van der Waals surface area contributed by atoms with Crippen LogP contribution >= 0.6 is 0 Å². The zero-order valence-electron chi connectivity index (χ0n) is 12.4. The minimum Gasteiger partial charge on any atom is -0.465 e. The molecule has 118 valence electrons. The largest absolute Gasteiger partial charge is 0.465 e. The van der Waals surface area contributed by atoms with E-state index in [1.165, 1.54) is 31.4 Å². The first-order valence-corrected chi connectivity index (χ1v) is 8.16. The number of methoxy groups -OCH3 is 1. The van der Waals surface area contributed by atoms with E-state index < -0.39 is 21.6 Å². The minimum absolute atomic E-state index is 0.0417. The first-order valence-electron chi connectivity index (χ1n) is 6.68. The molecular weight excluding hydrogens is 294 g/mol. The Morgan fingerprint density at radius 3 is 2.48 bits per heavy atom. The van der Waals surface area contributed by atoms with Crippen LogP contribution in [0.15, 0.2) is 29.2 Å². The van der Waals surface area contributed by atoms with E-state index in [4.69, 9.17) is 0 Å². The third-order valence-electron chi connectivity index (χ3n) is 3.47. The molecule has 0 atom stereocenters. The third-order valence-corrected chi connectivity index (χ3v) is 4.87. The fourth-order valence-electron chi connectivity index (χ4n) is 1.72. The van der Waals surface area contributed by atoms with Gasteiger partial charge in [-0.1, -0.05) is 19.9 Å². The van der Waals surface area contributed by atoms with Gasteiger partial charge in [-0.2, -0.15) is 0 Å². The Bertz CT molecular complexity index is 593. The molecule has 0 radical (unpaired) electrons. The van der Waals surface area contributed by atoms with Crippen molar-refractivity contribution in [1.82, 2.24) is 4.72 Å². The van der Waals surface area contributed by atoms with Crippen LogP contribution in [0.4, 0.5) is 0 Å². The molecule has 2 N–H and O–H groups in total. The van der Waals surface area contributed by atoms with Crippen molar-refractivity contribution in [2.24, 2.45) is 0 Å². The van der Waals surface area contributed by atoms with Crippen molar-refractivity contribution in [2.45, 2.75) is 37.2 Å². The summed E-state index contributed by atoms with van der Waals surface area (Å²) in [5.74, 6) is -0.606. The molecule has 0 fully saturated rings. The lowest BCUT2D eigenvalue weighted by atomic mass is 9.98. The van der Waals surface area contributed by atoms with Gasteiger partial charge in [0.15, 0.2) is 0 Å². The van der Waals surface area contributed by atoms with Gasteiger partial charge in [-0.15, -0.1) is 0 Å². The van der Waals surface area contributed by atoms with E-state index in [0.717, 1.165) is 0 Å². The molecule has 0 heterocycles. The van der Waals surface area contributed by atoms with E-state index in [2.05, 4.69) is 9.46 Å². The second-order valence-electron chi connectivity index (χ2n) is 4.78. The maximum atomic E-state index is 12.2. The van der Waals surface area contributed by atoms with Gasteiger partial charge in [-0.05, 0) is 31.0 Å². The Morgan fingerprint density at radius 2 is 1.95 bits per heavy atom. The van der Waals surface area contributed by atoms with Gasteiger partial charge in [-0.3, -0.25) is 0 Å². The normalized spacial score (nSPS) is 12.2. The van der Waals surface area contributed by atoms with Crippen molar-refractivity contribution in [3.63, 3.8) is 0 Å². The molecule has 0 aliphatic carbocycles. The number of esters is 1. The molecule has 0 aromatic heterocycles. The number of hydrogen-bond donors (Lipinski definition) is 2. The highest BCUT2D eigenvalue weighted by Crippen LogP contribution is 2.16. The Morgan fingerprint density at radius 1 is 1.33 bits per heavy atom. The second kappa shape index (κ2) is 7.02. The van der Waals surface area contributed by atoms with Crippen LogP contribution in [0.1, 0.15) is 37.0 Å². The first kappa shape index (κ1) is 17.6. The molecule has 0 bridgehead atoms. The van der Waals surface area contributed by atoms with Crippen LogP contribution in [0.5, 0.6) is 0 Å². The molecule has 1 aromatic carbocycles. The minimum atomic E-state index is -3.80. The molecule has 0 aliphatic heterocycles. The van der Waals surface area contributed by atoms with Crippen molar-refractivity contribution < 1.29 is 23.1 Å². The summed E-state index contributed by atoms with van der Waals surface area (Å²) < 4.78 is 31.3. The maximum Gasteiger partial charge on any atom is 0.337 e. The van der Waals surface area contributed by atoms with Crippen molar-refractivity contribution in [1.29, 1.82) is 0 Å². The molecule has 0 spiro atoms. The number of benzene rings is 1. The average molecular weight is 315 g/mol. The van der Waals surface area contributed by atoms with Gasteiger partial charge in [0, 0.05) is 6.54 Å². The van der Waals surface area contributed by atoms with Crippen molar-refractivity contribution in [2.75, 3.05) is 13.7 Å². The molecule has 0 saturated carbocycles. The second-order valence-corrected chi connectivity index (χ2v) is 6.54. The van der Waals surface area contributed by atoms with Crippen molar-refractivity contribution in [3.05, 3.63) is 29.8 Å². The van der Waals surface area contributed by atoms with Crippen LogP contribution in [0.25, 0.3) is 0 Å². The van der Waals surface area contributed by atoms with Gasteiger partial charge in [0.05, 0.1) is 23.2 Å². The summed E-state index contributed by atoms with van der Waals surface area (Å²) >= 11 is 0. The predicted octanol–water partition coefficient (Wildman–Crippen LogP) is 1.30. The lowest BCUT2D eigenvalue weighted by Crippen LogP contribution is -2.42. The number of nitrogens with one attached hydrogen (secondary N) is 1. The van der Waals surface area contributed by atoms with Gasteiger partial charge in [0.2, 0.25) is 10.0 Å². The van der Waals surface area contributed by atoms with Crippen LogP contribution < -0.4 is 4.72 Å². The number of carbonyl (C=O) groups excluding carboxylic acids is 1. The van der Waals surface area contributed by atoms with E-state index in [9.17, 15) is 18.3 Å². The predicted molar refractivity (Wildman–Crippen MR) is 78.5 cm³/mol. The number of carbonyl (C=O) groups is 1. The summed E-state index contributed by atoms with van der Waals surface area (Å²) in [6.07, 6.45) is 0.877. The van der Waals surface area contributed by atoms with Crippen LogP contribution in [0, 0.1) is 0 Å². The molecule has 0 saturated heterocycles. The molecule has 0 unspecified atom stereocenters. The smallest absolute Gasteiger partial charge is 0.337 e.